The highest BCUT2D eigenvalue weighted by Gasteiger charge is 2.22. The van der Waals surface area contributed by atoms with Gasteiger partial charge in [0.05, 0.1) is 4.92 Å². The third kappa shape index (κ3) is 4.27. The first kappa shape index (κ1) is 22.1. The number of nitrogens with zero attached hydrogens (tertiary/aromatic N) is 6. The minimum absolute atomic E-state index is 0.0540. The lowest BCUT2D eigenvalue weighted by molar-refractivity contribution is -0.385. The molecule has 0 atom stereocenters. The molecule has 0 aliphatic rings. The van der Waals surface area contributed by atoms with Crippen molar-refractivity contribution in [2.45, 2.75) is 6.92 Å². The minimum Gasteiger partial charge on any atom is -0.448 e. The minimum atomic E-state index is -0.512. The van der Waals surface area contributed by atoms with E-state index in [1.807, 2.05) is 73.7 Å². The Labute approximate surface area is 209 Å². The summed E-state index contributed by atoms with van der Waals surface area (Å²) < 4.78 is 11.8. The van der Waals surface area contributed by atoms with Crippen LogP contribution in [-0.4, -0.2) is 30.1 Å². The second-order valence-corrected chi connectivity index (χ2v) is 8.27. The predicted octanol–water partition coefficient (Wildman–Crippen LogP) is 6.15. The Hall–Kier alpha value is -5.38. The normalized spacial score (nSPS) is 11.1. The van der Waals surface area contributed by atoms with E-state index >= 15 is 0 Å². The molecule has 180 valence electrons. The van der Waals surface area contributed by atoms with Gasteiger partial charge in [0.2, 0.25) is 17.5 Å². The van der Waals surface area contributed by atoms with Crippen LogP contribution in [0.15, 0.2) is 95.4 Å². The summed E-state index contributed by atoms with van der Waals surface area (Å²) in [5.41, 5.74) is 3.86. The molecule has 6 rings (SSSR count). The topological polar surface area (TPSA) is 122 Å². The predicted molar refractivity (Wildman–Crippen MR) is 136 cm³/mol. The fraction of sp³-hybridized carbons (Fsp3) is 0.0370. The molecule has 0 bridgehead atoms. The number of ether oxygens (including phenoxy) is 1. The van der Waals surface area contributed by atoms with E-state index in [1.165, 1.54) is 16.9 Å². The molecule has 0 saturated heterocycles. The number of fused-ring (bicyclic) bond motifs is 1. The van der Waals surface area contributed by atoms with Gasteiger partial charge in [0.1, 0.15) is 16.7 Å². The van der Waals surface area contributed by atoms with Crippen LogP contribution in [0.5, 0.6) is 11.5 Å². The SMILES string of the molecule is Cc1ccc(Oc2ccc(-c3nnc(-c4ccccc4)o3)cc2[N+](=O)[O-])c(-n2nc3ccccc3n2)c1. The van der Waals surface area contributed by atoms with E-state index in [2.05, 4.69) is 20.4 Å². The lowest BCUT2D eigenvalue weighted by atomic mass is 10.1. The number of rotatable bonds is 6. The molecule has 6 aromatic rings. The van der Waals surface area contributed by atoms with E-state index in [1.54, 1.807) is 12.1 Å². The lowest BCUT2D eigenvalue weighted by Gasteiger charge is -2.12. The number of nitro groups is 1. The molecule has 0 unspecified atom stereocenters. The third-order valence-corrected chi connectivity index (χ3v) is 5.68. The highest BCUT2D eigenvalue weighted by molar-refractivity contribution is 5.74. The summed E-state index contributed by atoms with van der Waals surface area (Å²) in [5.74, 6) is 0.906. The van der Waals surface area contributed by atoms with Crippen LogP contribution in [0.2, 0.25) is 0 Å². The van der Waals surface area contributed by atoms with Gasteiger partial charge in [-0.05, 0) is 61.0 Å². The van der Waals surface area contributed by atoms with Crippen molar-refractivity contribution in [1.82, 2.24) is 25.2 Å². The van der Waals surface area contributed by atoms with Gasteiger partial charge in [-0.25, -0.2) is 0 Å². The molecule has 0 fully saturated rings. The smallest absolute Gasteiger partial charge is 0.312 e. The summed E-state index contributed by atoms with van der Waals surface area (Å²) in [7, 11) is 0. The second-order valence-electron chi connectivity index (χ2n) is 8.27. The largest absolute Gasteiger partial charge is 0.448 e. The van der Waals surface area contributed by atoms with Gasteiger partial charge >= 0.3 is 5.69 Å². The molecule has 0 N–H and O–H groups in total. The van der Waals surface area contributed by atoms with Crippen molar-refractivity contribution in [3.05, 3.63) is 107 Å². The van der Waals surface area contributed by atoms with Crippen LogP contribution in [-0.2, 0) is 0 Å². The molecule has 37 heavy (non-hydrogen) atoms. The molecule has 0 amide bonds. The maximum Gasteiger partial charge on any atom is 0.312 e. The summed E-state index contributed by atoms with van der Waals surface area (Å²) in [6.07, 6.45) is 0. The van der Waals surface area contributed by atoms with Gasteiger partial charge in [-0.1, -0.05) is 36.4 Å². The second kappa shape index (κ2) is 9.00. The summed E-state index contributed by atoms with van der Waals surface area (Å²) in [4.78, 5) is 12.9. The number of nitro benzene ring substituents is 1. The van der Waals surface area contributed by atoms with Crippen LogP contribution in [0.4, 0.5) is 5.69 Å². The fourth-order valence-corrected chi connectivity index (χ4v) is 3.87. The molecule has 0 saturated carbocycles. The number of hydrogen-bond donors (Lipinski definition) is 0. The van der Waals surface area contributed by atoms with E-state index in [0.29, 0.717) is 22.9 Å². The Morgan fingerprint density at radius 1 is 0.784 bits per heavy atom. The Bertz CT molecular complexity index is 1730. The van der Waals surface area contributed by atoms with Crippen LogP contribution in [0, 0.1) is 17.0 Å². The van der Waals surface area contributed by atoms with Crippen molar-refractivity contribution >= 4 is 16.7 Å². The first-order valence-electron chi connectivity index (χ1n) is 11.3. The average molecular weight is 490 g/mol. The molecule has 0 aliphatic carbocycles. The van der Waals surface area contributed by atoms with Crippen molar-refractivity contribution in [3.63, 3.8) is 0 Å². The van der Waals surface area contributed by atoms with E-state index in [9.17, 15) is 10.1 Å². The van der Waals surface area contributed by atoms with E-state index < -0.39 is 4.92 Å². The van der Waals surface area contributed by atoms with Crippen LogP contribution in [0.1, 0.15) is 5.56 Å². The molecular weight excluding hydrogens is 472 g/mol. The van der Waals surface area contributed by atoms with Gasteiger partial charge in [-0.3, -0.25) is 10.1 Å². The van der Waals surface area contributed by atoms with Gasteiger partial charge < -0.3 is 9.15 Å². The summed E-state index contributed by atoms with van der Waals surface area (Å²) in [6, 6.07) is 26.7. The van der Waals surface area contributed by atoms with Crippen LogP contribution >= 0.6 is 0 Å². The number of hydrogen-bond acceptors (Lipinski definition) is 8. The quantitative estimate of drug-likeness (QED) is 0.201. The molecular formula is C27H18N6O4. The molecule has 2 aromatic heterocycles. The standard InChI is InChI=1S/C27H18N6O4/c1-17-11-13-24(22(15-17)32-30-20-9-5-6-10-21(20)31-32)36-25-14-12-19(16-23(25)33(34)35)27-29-28-26(37-27)18-7-3-2-4-8-18/h2-16H,1H3. The first-order valence-corrected chi connectivity index (χ1v) is 11.3. The molecule has 4 aromatic carbocycles. The van der Waals surface area contributed by atoms with Gasteiger partial charge in [0, 0.05) is 17.2 Å². The molecule has 0 aliphatic heterocycles. The van der Waals surface area contributed by atoms with E-state index in [4.69, 9.17) is 9.15 Å². The van der Waals surface area contributed by atoms with E-state index in [0.717, 1.165) is 22.2 Å². The van der Waals surface area contributed by atoms with Crippen molar-refractivity contribution in [1.29, 1.82) is 0 Å². The number of aromatic nitrogens is 5. The summed E-state index contributed by atoms with van der Waals surface area (Å²) >= 11 is 0. The Balaban J connectivity index is 1.37. The van der Waals surface area contributed by atoms with Gasteiger partial charge in [-0.15, -0.1) is 25.2 Å². The molecule has 2 heterocycles. The monoisotopic (exact) mass is 490 g/mol. The van der Waals surface area contributed by atoms with E-state index in [-0.39, 0.29) is 17.3 Å². The maximum atomic E-state index is 12.0. The summed E-state index contributed by atoms with van der Waals surface area (Å²) in [6.45, 7) is 1.93. The van der Waals surface area contributed by atoms with Gasteiger partial charge in [-0.2, -0.15) is 0 Å². The van der Waals surface area contributed by atoms with Crippen molar-refractivity contribution in [2.75, 3.05) is 0 Å². The van der Waals surface area contributed by atoms with Crippen molar-refractivity contribution in [2.24, 2.45) is 0 Å². The highest BCUT2D eigenvalue weighted by atomic mass is 16.6. The molecule has 10 heteroatoms. The lowest BCUT2D eigenvalue weighted by Crippen LogP contribution is -2.03. The zero-order valence-electron chi connectivity index (χ0n) is 19.5. The molecule has 0 radical (unpaired) electrons. The Kier molecular flexibility index (Phi) is 5.38. The van der Waals surface area contributed by atoms with Gasteiger partial charge in [0.15, 0.2) is 5.75 Å². The van der Waals surface area contributed by atoms with Crippen molar-refractivity contribution in [3.8, 4) is 40.1 Å². The Morgan fingerprint density at radius 2 is 1.43 bits per heavy atom. The third-order valence-electron chi connectivity index (χ3n) is 5.68. The number of benzene rings is 4. The van der Waals surface area contributed by atoms with Crippen LogP contribution < -0.4 is 4.74 Å². The maximum absolute atomic E-state index is 12.0. The van der Waals surface area contributed by atoms with Crippen molar-refractivity contribution < 1.29 is 14.1 Å². The molecule has 0 spiro atoms. The number of aryl methyl sites for hydroxylation is 1. The Morgan fingerprint density at radius 3 is 2.14 bits per heavy atom. The fourth-order valence-electron chi connectivity index (χ4n) is 3.87. The average Bonchev–Trinajstić information content (AvgIpc) is 3.58. The van der Waals surface area contributed by atoms with Crippen LogP contribution in [0.25, 0.3) is 39.6 Å². The first-order chi connectivity index (χ1) is 18.0. The van der Waals surface area contributed by atoms with Gasteiger partial charge in [0.25, 0.3) is 0 Å². The zero-order chi connectivity index (χ0) is 25.4. The molecule has 10 nitrogen and oxygen atoms in total. The highest BCUT2D eigenvalue weighted by Crippen LogP contribution is 2.37. The summed E-state index contributed by atoms with van der Waals surface area (Å²) in [5, 5.41) is 29.2. The van der Waals surface area contributed by atoms with Crippen LogP contribution in [0.3, 0.4) is 0 Å². The zero-order valence-corrected chi connectivity index (χ0v) is 19.5.